The van der Waals surface area contributed by atoms with E-state index in [1.807, 2.05) is 35.2 Å². The highest BCUT2D eigenvalue weighted by Gasteiger charge is 2.40. The van der Waals surface area contributed by atoms with Gasteiger partial charge in [-0.2, -0.15) is 10.2 Å². The van der Waals surface area contributed by atoms with Crippen molar-refractivity contribution in [3.63, 3.8) is 0 Å². The molecule has 0 atom stereocenters. The van der Waals surface area contributed by atoms with E-state index in [-0.39, 0.29) is 5.91 Å². The molecule has 1 aromatic carbocycles. The molecular weight excluding hydrogens is 321 g/mol. The van der Waals surface area contributed by atoms with Gasteiger partial charge in [-0.15, -0.1) is 12.3 Å². The first-order valence-corrected chi connectivity index (χ1v) is 10.4. The first kappa shape index (κ1) is 16.9. The second kappa shape index (κ2) is 6.91. The largest absolute Gasteiger partial charge is 0.342 e. The van der Waals surface area contributed by atoms with Gasteiger partial charge in [-0.05, 0) is 0 Å². The van der Waals surface area contributed by atoms with Crippen molar-refractivity contribution in [2.75, 3.05) is 25.4 Å². The summed E-state index contributed by atoms with van der Waals surface area (Å²) in [6.07, 6.45) is 8.81. The normalized spacial score (nSPS) is 20.4. The molecule has 1 amide bonds. The number of hydrogen-bond acceptors (Lipinski definition) is 4. The Bertz CT molecular complexity index is 706. The van der Waals surface area contributed by atoms with Gasteiger partial charge in [-0.1, -0.05) is 30.3 Å². The Hall–Kier alpha value is -1.92. The Morgan fingerprint density at radius 1 is 1.21 bits per heavy atom. The zero-order valence-corrected chi connectivity index (χ0v) is 14.6. The van der Waals surface area contributed by atoms with Crippen molar-refractivity contribution >= 4 is 18.4 Å². The number of carbonyl (C=O) groups excluding carboxylic acids is 1. The van der Waals surface area contributed by atoms with Crippen molar-refractivity contribution in [2.24, 2.45) is 10.2 Å². The number of nitrogens with zero attached hydrogens (tertiary/aromatic N) is 3. The van der Waals surface area contributed by atoms with Crippen LogP contribution in [0.4, 0.5) is 0 Å². The maximum atomic E-state index is 13.1. The summed E-state index contributed by atoms with van der Waals surface area (Å²) in [6, 6.07) is 9.64. The molecule has 0 aromatic heterocycles. The molecule has 2 aliphatic heterocycles. The fourth-order valence-electron chi connectivity index (χ4n) is 3.13. The number of terminal acetylenes is 1. The second-order valence-electron chi connectivity index (χ2n) is 6.44. The van der Waals surface area contributed by atoms with Gasteiger partial charge in [-0.3, -0.25) is 4.79 Å². The molecule has 0 N–H and O–H groups in total. The van der Waals surface area contributed by atoms with E-state index in [0.717, 1.165) is 11.7 Å². The summed E-state index contributed by atoms with van der Waals surface area (Å²) in [5.74, 6) is 2.70. The van der Waals surface area contributed by atoms with Gasteiger partial charge in [-0.25, -0.2) is 0 Å². The minimum Gasteiger partial charge on any atom is -0.342 e. The number of amides is 1. The van der Waals surface area contributed by atoms with Crippen LogP contribution in [0, 0.1) is 12.3 Å². The van der Waals surface area contributed by atoms with Gasteiger partial charge >= 0.3 is 0 Å². The summed E-state index contributed by atoms with van der Waals surface area (Å²) in [5, 5.41) is 9.06. The maximum Gasteiger partial charge on any atom is 0.222 e. The van der Waals surface area contributed by atoms with Crippen LogP contribution in [0.2, 0.25) is 0 Å². The van der Waals surface area contributed by atoms with Crippen LogP contribution >= 0.6 is 7.14 Å². The first-order chi connectivity index (χ1) is 11.6. The maximum absolute atomic E-state index is 13.1. The SMILES string of the molecule is C#CCCC1(CCC(=O)N2CCP(=O)(c3ccccc3)CC2)N=N1. The molecule has 0 unspecified atom stereocenters. The van der Waals surface area contributed by atoms with Crippen molar-refractivity contribution in [3.8, 4) is 12.3 Å². The summed E-state index contributed by atoms with van der Waals surface area (Å²) in [5.41, 5.74) is -0.406. The van der Waals surface area contributed by atoms with Gasteiger partial charge < -0.3 is 9.46 Å². The van der Waals surface area contributed by atoms with Crippen LogP contribution in [0.3, 0.4) is 0 Å². The Kier molecular flexibility index (Phi) is 4.87. The summed E-state index contributed by atoms with van der Waals surface area (Å²) in [4.78, 5) is 14.2. The quantitative estimate of drug-likeness (QED) is 0.589. The molecule has 0 saturated carbocycles. The third-order valence-corrected chi connectivity index (χ3v) is 7.92. The van der Waals surface area contributed by atoms with E-state index in [2.05, 4.69) is 16.1 Å². The first-order valence-electron chi connectivity index (χ1n) is 8.36. The molecule has 1 saturated heterocycles. The lowest BCUT2D eigenvalue weighted by molar-refractivity contribution is -0.131. The highest BCUT2D eigenvalue weighted by Crippen LogP contribution is 2.46. The molecule has 2 heterocycles. The number of benzene rings is 1. The Balaban J connectivity index is 1.49. The van der Waals surface area contributed by atoms with Crippen LogP contribution in [-0.2, 0) is 9.36 Å². The van der Waals surface area contributed by atoms with Gasteiger partial charge in [0.2, 0.25) is 5.91 Å². The molecule has 1 aromatic rings. The van der Waals surface area contributed by atoms with E-state index < -0.39 is 12.8 Å². The lowest BCUT2D eigenvalue weighted by Crippen LogP contribution is -2.41. The highest BCUT2D eigenvalue weighted by molar-refractivity contribution is 7.71. The van der Waals surface area contributed by atoms with E-state index in [9.17, 15) is 9.36 Å². The van der Waals surface area contributed by atoms with E-state index in [4.69, 9.17) is 6.42 Å². The van der Waals surface area contributed by atoms with E-state index >= 15 is 0 Å². The minimum atomic E-state index is -2.35. The fourth-order valence-corrected chi connectivity index (χ4v) is 5.71. The van der Waals surface area contributed by atoms with E-state index in [1.54, 1.807) is 0 Å². The Labute approximate surface area is 142 Å². The van der Waals surface area contributed by atoms with Crippen molar-refractivity contribution in [3.05, 3.63) is 30.3 Å². The number of rotatable bonds is 6. The van der Waals surface area contributed by atoms with Crippen molar-refractivity contribution < 1.29 is 9.36 Å². The highest BCUT2D eigenvalue weighted by atomic mass is 31.2. The molecule has 126 valence electrons. The average molecular weight is 343 g/mol. The molecule has 0 aliphatic carbocycles. The third-order valence-electron chi connectivity index (χ3n) is 4.83. The van der Waals surface area contributed by atoms with Crippen LogP contribution in [0.5, 0.6) is 0 Å². The van der Waals surface area contributed by atoms with E-state index in [0.29, 0.717) is 44.7 Å². The zero-order chi connectivity index (χ0) is 17.0. The predicted octanol–water partition coefficient (Wildman–Crippen LogP) is 2.87. The molecule has 0 bridgehead atoms. The number of hydrogen-bond donors (Lipinski definition) is 0. The van der Waals surface area contributed by atoms with Gasteiger partial charge in [0.25, 0.3) is 0 Å². The average Bonchev–Trinajstić information content (AvgIpc) is 3.40. The topological polar surface area (TPSA) is 62.1 Å². The number of carbonyl (C=O) groups is 1. The summed E-state index contributed by atoms with van der Waals surface area (Å²) in [6.45, 7) is 1.13. The summed E-state index contributed by atoms with van der Waals surface area (Å²) >= 11 is 0. The zero-order valence-electron chi connectivity index (χ0n) is 13.7. The summed E-state index contributed by atoms with van der Waals surface area (Å²) < 4.78 is 13.1. The second-order valence-corrected chi connectivity index (χ2v) is 9.63. The molecule has 6 heteroatoms. The predicted molar refractivity (Wildman–Crippen MR) is 94.9 cm³/mol. The molecule has 3 rings (SSSR count). The Morgan fingerprint density at radius 3 is 2.46 bits per heavy atom. The third kappa shape index (κ3) is 3.76. The summed E-state index contributed by atoms with van der Waals surface area (Å²) in [7, 11) is -2.35. The molecule has 24 heavy (non-hydrogen) atoms. The van der Waals surface area contributed by atoms with Crippen molar-refractivity contribution in [2.45, 2.75) is 31.3 Å². The fraction of sp³-hybridized carbons (Fsp3) is 0.500. The Morgan fingerprint density at radius 2 is 1.88 bits per heavy atom. The molecule has 0 spiro atoms. The lowest BCUT2D eigenvalue weighted by atomic mass is 10.0. The minimum absolute atomic E-state index is 0.103. The van der Waals surface area contributed by atoms with Gasteiger partial charge in [0, 0.05) is 56.4 Å². The lowest BCUT2D eigenvalue weighted by Gasteiger charge is -2.32. The van der Waals surface area contributed by atoms with Crippen molar-refractivity contribution in [1.82, 2.24) is 4.90 Å². The standard InChI is InChI=1S/C18H22N3O2P/c1-2-3-10-18(19-20-18)11-9-17(22)21-12-14-24(23,15-13-21)16-7-5-4-6-8-16/h1,4-8H,3,9-15H2. The van der Waals surface area contributed by atoms with Crippen LogP contribution in [0.15, 0.2) is 40.6 Å². The van der Waals surface area contributed by atoms with Crippen LogP contribution in [-0.4, -0.2) is 41.9 Å². The molecule has 5 nitrogen and oxygen atoms in total. The smallest absolute Gasteiger partial charge is 0.222 e. The molecule has 2 aliphatic rings. The van der Waals surface area contributed by atoms with Crippen LogP contribution in [0.1, 0.15) is 25.7 Å². The van der Waals surface area contributed by atoms with Gasteiger partial charge in [0.1, 0.15) is 7.14 Å². The van der Waals surface area contributed by atoms with Crippen molar-refractivity contribution in [1.29, 1.82) is 0 Å². The monoisotopic (exact) mass is 343 g/mol. The van der Waals surface area contributed by atoms with Crippen LogP contribution < -0.4 is 5.30 Å². The van der Waals surface area contributed by atoms with E-state index in [1.165, 1.54) is 0 Å². The molecule has 0 radical (unpaired) electrons. The molecule has 1 fully saturated rings. The van der Waals surface area contributed by atoms with Gasteiger partial charge in [0.05, 0.1) is 0 Å². The van der Waals surface area contributed by atoms with Gasteiger partial charge in [0.15, 0.2) is 5.66 Å². The molecular formula is C18H22N3O2P. The van der Waals surface area contributed by atoms with Crippen LogP contribution in [0.25, 0.3) is 0 Å².